The predicted octanol–water partition coefficient (Wildman–Crippen LogP) is 19.9. The summed E-state index contributed by atoms with van der Waals surface area (Å²) in [5.74, 6) is -0.936. The largest absolute Gasteiger partial charge is 0.462 e. The van der Waals surface area contributed by atoms with Crippen LogP contribution in [0.1, 0.15) is 265 Å². The van der Waals surface area contributed by atoms with E-state index < -0.39 is 6.10 Å². The molecule has 1 unspecified atom stereocenters. The first kappa shape index (κ1) is 67.1. The normalized spacial score (nSPS) is 12.9. The zero-order chi connectivity index (χ0) is 51.4. The van der Waals surface area contributed by atoms with Crippen molar-refractivity contribution in [1.29, 1.82) is 0 Å². The highest BCUT2D eigenvalue weighted by Gasteiger charge is 2.19. The Morgan fingerprint density at radius 2 is 0.563 bits per heavy atom. The van der Waals surface area contributed by atoms with E-state index in [1.54, 1.807) is 0 Å². The number of hydrogen-bond acceptors (Lipinski definition) is 6. The Morgan fingerprint density at radius 1 is 0.296 bits per heavy atom. The second kappa shape index (κ2) is 58.6. The molecular formula is C65H108O6. The Kier molecular flexibility index (Phi) is 55.4. The third-order valence-electron chi connectivity index (χ3n) is 12.2. The molecule has 6 heteroatoms. The standard InChI is InChI=1S/C65H108O6/c1-4-7-10-13-16-19-22-24-26-28-30-32-34-36-38-40-43-46-49-52-55-58-64(67)70-61-62(60-69-63(66)57-54-51-48-45-42-21-18-15-12-9-6-3)71-65(68)59-56-53-50-47-44-41-39-37-35-33-31-29-27-25-23-20-17-14-11-8-5-2/h7,10,15-16,18-19,23-26,29-32,35-38,62H,4-6,8-9,11-14,17,20-22,27-28,33-34,39-61H2,1-3H3/b10-7-,18-15-,19-16-,25-23-,26-24-,31-29-,32-30-,37-35-,38-36-. The first-order valence-corrected chi connectivity index (χ1v) is 29.4. The van der Waals surface area contributed by atoms with Gasteiger partial charge in [0.15, 0.2) is 6.10 Å². The van der Waals surface area contributed by atoms with Crippen molar-refractivity contribution in [2.24, 2.45) is 0 Å². The van der Waals surface area contributed by atoms with Gasteiger partial charge in [0, 0.05) is 19.3 Å². The van der Waals surface area contributed by atoms with Gasteiger partial charge in [-0.3, -0.25) is 14.4 Å². The van der Waals surface area contributed by atoms with Crippen molar-refractivity contribution in [3.05, 3.63) is 109 Å². The van der Waals surface area contributed by atoms with Gasteiger partial charge in [0.25, 0.3) is 0 Å². The van der Waals surface area contributed by atoms with Gasteiger partial charge in [-0.05, 0) is 122 Å². The lowest BCUT2D eigenvalue weighted by atomic mass is 10.1. The molecule has 0 bridgehead atoms. The number of hydrogen-bond donors (Lipinski definition) is 0. The van der Waals surface area contributed by atoms with Gasteiger partial charge in [0.05, 0.1) is 0 Å². The van der Waals surface area contributed by atoms with Crippen molar-refractivity contribution in [2.75, 3.05) is 13.2 Å². The van der Waals surface area contributed by atoms with Crippen molar-refractivity contribution < 1.29 is 28.6 Å². The Labute approximate surface area is 438 Å². The quantitative estimate of drug-likeness (QED) is 0.0261. The van der Waals surface area contributed by atoms with Gasteiger partial charge in [-0.1, -0.05) is 233 Å². The van der Waals surface area contributed by atoms with Gasteiger partial charge in [-0.25, -0.2) is 0 Å². The van der Waals surface area contributed by atoms with E-state index >= 15 is 0 Å². The molecule has 0 rings (SSSR count). The van der Waals surface area contributed by atoms with Crippen LogP contribution in [0.3, 0.4) is 0 Å². The number of rotatable bonds is 52. The van der Waals surface area contributed by atoms with E-state index in [0.717, 1.165) is 148 Å². The molecule has 0 heterocycles. The van der Waals surface area contributed by atoms with Gasteiger partial charge in [0.2, 0.25) is 0 Å². The fraction of sp³-hybridized carbons (Fsp3) is 0.677. The van der Waals surface area contributed by atoms with Crippen molar-refractivity contribution in [3.63, 3.8) is 0 Å². The van der Waals surface area contributed by atoms with Crippen molar-refractivity contribution in [1.82, 2.24) is 0 Å². The monoisotopic (exact) mass is 985 g/mol. The summed E-state index contributed by atoms with van der Waals surface area (Å²) < 4.78 is 16.8. The summed E-state index contributed by atoms with van der Waals surface area (Å²) in [6.07, 6.45) is 79.3. The van der Waals surface area contributed by atoms with Gasteiger partial charge in [-0.2, -0.15) is 0 Å². The van der Waals surface area contributed by atoms with Gasteiger partial charge < -0.3 is 14.2 Å². The van der Waals surface area contributed by atoms with Crippen LogP contribution in [0, 0.1) is 0 Å². The molecule has 0 aromatic rings. The maximum absolute atomic E-state index is 12.9. The van der Waals surface area contributed by atoms with Crippen molar-refractivity contribution >= 4 is 17.9 Å². The van der Waals surface area contributed by atoms with E-state index in [4.69, 9.17) is 14.2 Å². The van der Waals surface area contributed by atoms with Crippen LogP contribution in [0.4, 0.5) is 0 Å². The number of carbonyl (C=O) groups excluding carboxylic acids is 3. The van der Waals surface area contributed by atoms with Crippen molar-refractivity contribution in [2.45, 2.75) is 271 Å². The third-order valence-corrected chi connectivity index (χ3v) is 12.2. The molecule has 0 aliphatic rings. The summed E-state index contributed by atoms with van der Waals surface area (Å²) in [6, 6.07) is 0. The maximum Gasteiger partial charge on any atom is 0.306 e. The number of esters is 3. The topological polar surface area (TPSA) is 78.9 Å². The van der Waals surface area contributed by atoms with Gasteiger partial charge in [0.1, 0.15) is 13.2 Å². The molecule has 0 amide bonds. The highest BCUT2D eigenvalue weighted by Crippen LogP contribution is 2.14. The summed E-state index contributed by atoms with van der Waals surface area (Å²) >= 11 is 0. The van der Waals surface area contributed by atoms with E-state index in [9.17, 15) is 14.4 Å². The lowest BCUT2D eigenvalue weighted by Gasteiger charge is -2.18. The van der Waals surface area contributed by atoms with Crippen LogP contribution >= 0.6 is 0 Å². The lowest BCUT2D eigenvalue weighted by molar-refractivity contribution is -0.167. The average molecular weight is 986 g/mol. The molecule has 1 atom stereocenters. The zero-order valence-corrected chi connectivity index (χ0v) is 46.2. The molecular weight excluding hydrogens is 877 g/mol. The van der Waals surface area contributed by atoms with Crippen LogP contribution in [-0.4, -0.2) is 37.2 Å². The van der Waals surface area contributed by atoms with E-state index in [1.807, 2.05) is 0 Å². The van der Waals surface area contributed by atoms with Crippen LogP contribution in [0.5, 0.6) is 0 Å². The highest BCUT2D eigenvalue weighted by molar-refractivity contribution is 5.71. The van der Waals surface area contributed by atoms with Gasteiger partial charge >= 0.3 is 17.9 Å². The first-order valence-electron chi connectivity index (χ1n) is 29.4. The molecule has 0 spiro atoms. The Balaban J connectivity index is 4.41. The lowest BCUT2D eigenvalue weighted by Crippen LogP contribution is -2.30. The van der Waals surface area contributed by atoms with Crippen LogP contribution in [0.2, 0.25) is 0 Å². The molecule has 71 heavy (non-hydrogen) atoms. The third kappa shape index (κ3) is 56.9. The Bertz CT molecular complexity index is 1460. The van der Waals surface area contributed by atoms with E-state index in [-0.39, 0.29) is 31.1 Å². The minimum Gasteiger partial charge on any atom is -0.462 e. The summed E-state index contributed by atoms with van der Waals surface area (Å²) in [6.45, 7) is 6.44. The SMILES string of the molecule is CC/C=C\C/C=C\C/C=C\C/C=C\C/C=C\CCCCCCCC(=O)OCC(COC(=O)CCCCCCC/C=C\CCCC)OC(=O)CCCCCCCC/C=C\C/C=C\C/C=C\CCCCCCC. The van der Waals surface area contributed by atoms with E-state index in [1.165, 1.54) is 77.0 Å². The van der Waals surface area contributed by atoms with Gasteiger partial charge in [-0.15, -0.1) is 0 Å². The molecule has 0 aromatic heterocycles. The number of carbonyl (C=O) groups is 3. The second-order valence-corrected chi connectivity index (χ2v) is 19.2. The van der Waals surface area contributed by atoms with Crippen LogP contribution in [0.15, 0.2) is 109 Å². The fourth-order valence-corrected chi connectivity index (χ4v) is 7.81. The van der Waals surface area contributed by atoms with Crippen LogP contribution in [-0.2, 0) is 28.6 Å². The summed E-state index contributed by atoms with van der Waals surface area (Å²) in [7, 11) is 0. The summed E-state index contributed by atoms with van der Waals surface area (Å²) in [5, 5.41) is 0. The molecule has 0 fully saturated rings. The minimum atomic E-state index is -0.799. The summed E-state index contributed by atoms with van der Waals surface area (Å²) in [4.78, 5) is 38.1. The predicted molar refractivity (Wildman–Crippen MR) is 307 cm³/mol. The van der Waals surface area contributed by atoms with E-state index in [2.05, 4.69) is 130 Å². The Hall–Kier alpha value is -3.93. The Morgan fingerprint density at radius 3 is 0.915 bits per heavy atom. The van der Waals surface area contributed by atoms with Crippen LogP contribution < -0.4 is 0 Å². The maximum atomic E-state index is 12.9. The molecule has 0 aliphatic carbocycles. The molecule has 404 valence electrons. The molecule has 6 nitrogen and oxygen atoms in total. The van der Waals surface area contributed by atoms with Crippen molar-refractivity contribution in [3.8, 4) is 0 Å². The molecule has 0 aliphatic heterocycles. The zero-order valence-electron chi connectivity index (χ0n) is 46.2. The van der Waals surface area contributed by atoms with E-state index in [0.29, 0.717) is 19.3 Å². The molecule has 0 saturated heterocycles. The molecule has 0 N–H and O–H groups in total. The molecule has 0 saturated carbocycles. The average Bonchev–Trinajstić information content (AvgIpc) is 3.37. The molecule has 0 aromatic carbocycles. The fourth-order valence-electron chi connectivity index (χ4n) is 7.81. The smallest absolute Gasteiger partial charge is 0.306 e. The summed E-state index contributed by atoms with van der Waals surface area (Å²) in [5.41, 5.74) is 0. The highest BCUT2D eigenvalue weighted by atomic mass is 16.6. The first-order chi connectivity index (χ1) is 35.0. The number of ether oxygens (including phenoxy) is 3. The second-order valence-electron chi connectivity index (χ2n) is 19.2. The van der Waals surface area contributed by atoms with Crippen LogP contribution in [0.25, 0.3) is 0 Å². The molecule has 0 radical (unpaired) electrons. The minimum absolute atomic E-state index is 0.0957. The number of allylic oxidation sites excluding steroid dienone is 18. The number of unbranched alkanes of at least 4 members (excludes halogenated alkanes) is 23.